The average Bonchev–Trinajstić information content (AvgIpc) is 3.26. The van der Waals surface area contributed by atoms with Crippen molar-refractivity contribution in [2.24, 2.45) is 5.92 Å². The van der Waals surface area contributed by atoms with Gasteiger partial charge in [0.2, 0.25) is 0 Å². The molecule has 3 aromatic rings. The van der Waals surface area contributed by atoms with Crippen molar-refractivity contribution in [3.8, 4) is 0 Å². The van der Waals surface area contributed by atoms with Crippen LogP contribution in [0.5, 0.6) is 0 Å². The van der Waals surface area contributed by atoms with Crippen LogP contribution in [-0.2, 0) is 6.54 Å². The van der Waals surface area contributed by atoms with Crippen LogP contribution in [0.15, 0.2) is 60.5 Å². The van der Waals surface area contributed by atoms with Gasteiger partial charge in [0.1, 0.15) is 0 Å². The van der Waals surface area contributed by atoms with Gasteiger partial charge in [-0.15, -0.1) is 11.3 Å². The molecule has 4 nitrogen and oxygen atoms in total. The number of rotatable bonds is 6. The molecule has 1 atom stereocenters. The lowest BCUT2D eigenvalue weighted by atomic mass is 10.0. The van der Waals surface area contributed by atoms with E-state index in [9.17, 15) is 4.79 Å². The van der Waals surface area contributed by atoms with Crippen molar-refractivity contribution in [3.05, 3.63) is 76.5 Å². The Morgan fingerprint density at radius 1 is 1.29 bits per heavy atom. The van der Waals surface area contributed by atoms with Crippen LogP contribution in [-0.4, -0.2) is 15.5 Å². The van der Waals surface area contributed by atoms with E-state index in [-0.39, 0.29) is 11.9 Å². The molecule has 0 aliphatic carbocycles. The molecule has 5 heteroatoms. The van der Waals surface area contributed by atoms with Crippen molar-refractivity contribution in [1.29, 1.82) is 0 Å². The third-order valence-corrected chi connectivity index (χ3v) is 4.87. The summed E-state index contributed by atoms with van der Waals surface area (Å²) in [7, 11) is 0. The third kappa shape index (κ3) is 3.92. The lowest BCUT2D eigenvalue weighted by molar-refractivity contribution is 0.0926. The van der Waals surface area contributed by atoms with Gasteiger partial charge in [-0.2, -0.15) is 0 Å². The lowest BCUT2D eigenvalue weighted by Gasteiger charge is -2.21. The van der Waals surface area contributed by atoms with Crippen molar-refractivity contribution < 1.29 is 4.79 Å². The van der Waals surface area contributed by atoms with E-state index in [1.165, 1.54) is 4.88 Å². The van der Waals surface area contributed by atoms with Gasteiger partial charge in [-0.25, -0.2) is 4.98 Å². The number of aromatic nitrogens is 2. The van der Waals surface area contributed by atoms with Gasteiger partial charge >= 0.3 is 0 Å². The van der Waals surface area contributed by atoms with Gasteiger partial charge in [-0.1, -0.05) is 32.0 Å². The Balaban J connectivity index is 1.74. The zero-order valence-electron chi connectivity index (χ0n) is 13.8. The Hall–Kier alpha value is -2.40. The molecule has 0 spiro atoms. The minimum absolute atomic E-state index is 0.0328. The Bertz CT molecular complexity index is 779. The van der Waals surface area contributed by atoms with Crippen molar-refractivity contribution in [3.63, 3.8) is 0 Å². The zero-order valence-corrected chi connectivity index (χ0v) is 14.7. The number of hydrogen-bond acceptors (Lipinski definition) is 3. The summed E-state index contributed by atoms with van der Waals surface area (Å²) in [5.74, 6) is 0.302. The van der Waals surface area contributed by atoms with E-state index in [4.69, 9.17) is 0 Å². The molecular formula is C19H21N3OS. The second-order valence-electron chi connectivity index (χ2n) is 6.15. The van der Waals surface area contributed by atoms with Gasteiger partial charge in [0.05, 0.1) is 12.4 Å². The van der Waals surface area contributed by atoms with Gasteiger partial charge in [0.15, 0.2) is 0 Å². The summed E-state index contributed by atoms with van der Waals surface area (Å²) in [6.45, 7) is 4.96. The van der Waals surface area contributed by atoms with Crippen LogP contribution in [0.1, 0.15) is 40.7 Å². The fraction of sp³-hybridized carbons (Fsp3) is 0.263. The molecule has 0 unspecified atom stereocenters. The molecular weight excluding hydrogens is 318 g/mol. The van der Waals surface area contributed by atoms with Crippen LogP contribution in [0.25, 0.3) is 0 Å². The van der Waals surface area contributed by atoms with E-state index in [2.05, 4.69) is 30.2 Å². The molecule has 0 saturated heterocycles. The first-order valence-electron chi connectivity index (χ1n) is 8.02. The first-order valence-corrected chi connectivity index (χ1v) is 8.90. The number of benzene rings is 1. The number of nitrogens with zero attached hydrogens (tertiary/aromatic N) is 2. The largest absolute Gasteiger partial charge is 0.344 e. The molecule has 1 N–H and O–H groups in total. The number of amides is 1. The van der Waals surface area contributed by atoms with Gasteiger partial charge < -0.3 is 9.88 Å². The Morgan fingerprint density at radius 3 is 2.83 bits per heavy atom. The van der Waals surface area contributed by atoms with Crippen molar-refractivity contribution in [2.45, 2.75) is 26.4 Å². The summed E-state index contributed by atoms with van der Waals surface area (Å²) in [6.07, 6.45) is 5.45. The summed E-state index contributed by atoms with van der Waals surface area (Å²) in [5.41, 5.74) is 1.77. The topological polar surface area (TPSA) is 46.9 Å². The number of carbonyl (C=O) groups excluding carboxylic acids is 1. The molecule has 1 aromatic carbocycles. The number of thiophene rings is 1. The van der Waals surface area contributed by atoms with E-state index in [1.54, 1.807) is 23.9 Å². The fourth-order valence-electron chi connectivity index (χ4n) is 2.66. The van der Waals surface area contributed by atoms with E-state index in [1.807, 2.05) is 46.5 Å². The fourth-order valence-corrected chi connectivity index (χ4v) is 3.61. The molecule has 2 aromatic heterocycles. The summed E-state index contributed by atoms with van der Waals surface area (Å²) < 4.78 is 1.99. The highest BCUT2D eigenvalue weighted by molar-refractivity contribution is 7.10. The smallest absolute Gasteiger partial charge is 0.251 e. The Kier molecular flexibility index (Phi) is 5.11. The molecule has 2 heterocycles. The highest BCUT2D eigenvalue weighted by atomic mass is 32.1. The average molecular weight is 339 g/mol. The first-order chi connectivity index (χ1) is 11.6. The Labute approximate surface area is 146 Å². The number of carbonyl (C=O) groups is 1. The monoisotopic (exact) mass is 339 g/mol. The van der Waals surface area contributed by atoms with E-state index >= 15 is 0 Å². The molecule has 3 rings (SSSR count). The maximum atomic E-state index is 12.7. The minimum Gasteiger partial charge on any atom is -0.344 e. The van der Waals surface area contributed by atoms with E-state index in [0.717, 1.165) is 5.56 Å². The Morgan fingerprint density at radius 2 is 2.17 bits per heavy atom. The standard InChI is InChI=1S/C19H21N3OS/c1-14(2)18(17-7-4-10-24-17)21-19(23)16-6-3-5-15(11-16)12-22-9-8-20-13-22/h3-11,13-14,18H,12H2,1-2H3,(H,21,23)/t18-/m0/s1. The molecule has 0 saturated carbocycles. The summed E-state index contributed by atoms with van der Waals surface area (Å²) in [6, 6.07) is 11.9. The van der Waals surface area contributed by atoms with Crippen molar-refractivity contribution in [2.75, 3.05) is 0 Å². The summed E-state index contributed by atoms with van der Waals surface area (Å²) in [5, 5.41) is 5.22. The molecule has 124 valence electrons. The van der Waals surface area contributed by atoms with Gasteiger partial charge in [-0.05, 0) is 35.1 Å². The number of hydrogen-bond donors (Lipinski definition) is 1. The van der Waals surface area contributed by atoms with Gasteiger partial charge in [-0.3, -0.25) is 4.79 Å². The molecule has 0 fully saturated rings. The summed E-state index contributed by atoms with van der Waals surface area (Å²) in [4.78, 5) is 17.9. The van der Waals surface area contributed by atoms with Gasteiger partial charge in [0, 0.05) is 29.4 Å². The minimum atomic E-state index is -0.0328. The third-order valence-electron chi connectivity index (χ3n) is 3.92. The van der Waals surface area contributed by atoms with Crippen LogP contribution in [0, 0.1) is 5.92 Å². The second-order valence-corrected chi connectivity index (χ2v) is 7.13. The molecule has 0 radical (unpaired) electrons. The van der Waals surface area contributed by atoms with Crippen molar-refractivity contribution >= 4 is 17.2 Å². The molecule has 0 aliphatic heterocycles. The highest BCUT2D eigenvalue weighted by Crippen LogP contribution is 2.26. The van der Waals surface area contributed by atoms with Crippen LogP contribution in [0.2, 0.25) is 0 Å². The lowest BCUT2D eigenvalue weighted by Crippen LogP contribution is -2.31. The number of imidazole rings is 1. The molecule has 24 heavy (non-hydrogen) atoms. The first kappa shape index (κ1) is 16.5. The highest BCUT2D eigenvalue weighted by Gasteiger charge is 2.20. The normalized spacial score (nSPS) is 12.3. The van der Waals surface area contributed by atoms with Crippen LogP contribution >= 0.6 is 11.3 Å². The zero-order chi connectivity index (χ0) is 16.9. The van der Waals surface area contributed by atoms with Crippen LogP contribution < -0.4 is 5.32 Å². The van der Waals surface area contributed by atoms with E-state index in [0.29, 0.717) is 18.0 Å². The van der Waals surface area contributed by atoms with Crippen molar-refractivity contribution in [1.82, 2.24) is 14.9 Å². The molecule has 1 amide bonds. The SMILES string of the molecule is CC(C)[C@H](NC(=O)c1cccc(Cn2ccnc2)c1)c1cccs1. The predicted molar refractivity (Wildman–Crippen MR) is 97.1 cm³/mol. The predicted octanol–water partition coefficient (Wildman–Crippen LogP) is 4.12. The molecule has 0 aliphatic rings. The quantitative estimate of drug-likeness (QED) is 0.734. The molecule has 0 bridgehead atoms. The van der Waals surface area contributed by atoms with Gasteiger partial charge in [0.25, 0.3) is 5.91 Å². The van der Waals surface area contributed by atoms with Crippen LogP contribution in [0.4, 0.5) is 0 Å². The second kappa shape index (κ2) is 7.45. The maximum Gasteiger partial charge on any atom is 0.251 e. The van der Waals surface area contributed by atoms with Crippen LogP contribution in [0.3, 0.4) is 0 Å². The summed E-state index contributed by atoms with van der Waals surface area (Å²) >= 11 is 1.68. The maximum absolute atomic E-state index is 12.7. The van der Waals surface area contributed by atoms with E-state index < -0.39 is 0 Å². The number of nitrogens with one attached hydrogen (secondary N) is 1.